The number of hydrogen-bond acceptors (Lipinski definition) is 2. The van der Waals surface area contributed by atoms with Gasteiger partial charge in [0.1, 0.15) is 5.54 Å². The minimum absolute atomic E-state index is 0.0191. The van der Waals surface area contributed by atoms with E-state index in [0.29, 0.717) is 22.4 Å². The lowest BCUT2D eigenvalue weighted by molar-refractivity contribution is -0.168. The van der Waals surface area contributed by atoms with E-state index in [2.05, 4.69) is 29.0 Å². The smallest absolute Gasteiger partial charge is 0.244 e. The van der Waals surface area contributed by atoms with Crippen molar-refractivity contribution in [1.29, 1.82) is 0 Å². The predicted molar refractivity (Wildman–Crippen MR) is 108 cm³/mol. The summed E-state index contributed by atoms with van der Waals surface area (Å²) >= 11 is 13.0. The molecule has 1 aliphatic carbocycles. The maximum atomic E-state index is 13.7. The molecule has 2 spiro atoms. The van der Waals surface area contributed by atoms with Crippen LogP contribution in [-0.2, 0) is 16.6 Å². The summed E-state index contributed by atoms with van der Waals surface area (Å²) in [6.45, 7) is 6.39. The first kappa shape index (κ1) is 16.7. The van der Waals surface area contributed by atoms with Gasteiger partial charge >= 0.3 is 0 Å². The molecule has 4 nitrogen and oxygen atoms in total. The molecule has 2 N–H and O–H groups in total. The largest absolute Gasteiger partial charge is 0.358 e. The molecule has 3 atom stereocenters. The molecule has 2 bridgehead atoms. The number of amides is 1. The van der Waals surface area contributed by atoms with Crippen molar-refractivity contribution in [2.75, 3.05) is 13.1 Å². The van der Waals surface area contributed by atoms with Crippen LogP contribution in [0.15, 0.2) is 12.1 Å². The van der Waals surface area contributed by atoms with E-state index >= 15 is 0 Å². The van der Waals surface area contributed by atoms with Crippen LogP contribution in [0.5, 0.6) is 0 Å². The standard InChI is InChI=1S/C21H23Cl2N3O/c1-19(2)14-9-20-6-3-7-26(20)18(27)21(14,24-10-20)8-11-15-13(25-17(11)19)5-4-12(22)16(15)23/h4-5,14,24-25H,3,6-10H2,1-2H3/t14-,20+,21+/m1/s1. The first-order valence-corrected chi connectivity index (χ1v) is 10.6. The number of benzene rings is 1. The third kappa shape index (κ3) is 1.75. The van der Waals surface area contributed by atoms with E-state index in [9.17, 15) is 4.79 Å². The summed E-state index contributed by atoms with van der Waals surface area (Å²) in [5, 5.41) is 5.89. The number of halogens is 2. The fourth-order valence-electron chi connectivity index (χ4n) is 6.79. The van der Waals surface area contributed by atoms with Crippen molar-refractivity contribution >= 4 is 40.0 Å². The van der Waals surface area contributed by atoms with Crippen molar-refractivity contribution in [3.63, 3.8) is 0 Å². The molecule has 27 heavy (non-hydrogen) atoms. The Hall–Kier alpha value is -1.23. The molecule has 4 aliphatic heterocycles. The van der Waals surface area contributed by atoms with Gasteiger partial charge in [-0.25, -0.2) is 0 Å². The van der Waals surface area contributed by atoms with Crippen molar-refractivity contribution in [2.45, 2.75) is 56.0 Å². The molecular formula is C21H23Cl2N3O. The Balaban J connectivity index is 1.63. The minimum atomic E-state index is -0.524. The average molecular weight is 404 g/mol. The van der Waals surface area contributed by atoms with E-state index in [1.807, 2.05) is 12.1 Å². The highest BCUT2D eigenvalue weighted by Crippen LogP contribution is 2.59. The maximum absolute atomic E-state index is 13.7. The summed E-state index contributed by atoms with van der Waals surface area (Å²) in [4.78, 5) is 19.6. The van der Waals surface area contributed by atoms with Gasteiger partial charge in [-0.05, 0) is 42.9 Å². The molecule has 1 aromatic carbocycles. The van der Waals surface area contributed by atoms with Gasteiger partial charge in [0, 0.05) is 41.5 Å². The van der Waals surface area contributed by atoms with E-state index in [-0.39, 0.29) is 16.9 Å². The average Bonchev–Trinajstić information content (AvgIpc) is 3.22. The zero-order valence-electron chi connectivity index (χ0n) is 15.6. The number of H-pyrrole nitrogens is 1. The van der Waals surface area contributed by atoms with Gasteiger partial charge < -0.3 is 15.2 Å². The van der Waals surface area contributed by atoms with Crippen LogP contribution in [0.2, 0.25) is 10.0 Å². The lowest BCUT2D eigenvalue weighted by Gasteiger charge is -2.65. The Bertz CT molecular complexity index is 1030. The predicted octanol–water partition coefficient (Wildman–Crippen LogP) is 4.03. The van der Waals surface area contributed by atoms with Crippen LogP contribution in [0, 0.1) is 5.92 Å². The van der Waals surface area contributed by atoms with E-state index < -0.39 is 5.54 Å². The number of nitrogens with one attached hydrogen (secondary N) is 2. The third-order valence-electron chi connectivity index (χ3n) is 8.06. The Labute approximate surface area is 168 Å². The Morgan fingerprint density at radius 2 is 2.07 bits per heavy atom. The zero-order chi connectivity index (χ0) is 18.8. The molecule has 142 valence electrons. The van der Waals surface area contributed by atoms with Crippen LogP contribution in [-0.4, -0.2) is 40.0 Å². The van der Waals surface area contributed by atoms with E-state index in [0.717, 1.165) is 48.8 Å². The summed E-state index contributed by atoms with van der Waals surface area (Å²) in [5.74, 6) is 0.573. The number of piperidine rings is 2. The quantitative estimate of drug-likeness (QED) is 0.697. The number of nitrogens with zero attached hydrogens (tertiary/aromatic N) is 1. The van der Waals surface area contributed by atoms with Crippen molar-refractivity contribution in [3.8, 4) is 0 Å². The summed E-state index contributed by atoms with van der Waals surface area (Å²) in [7, 11) is 0. The third-order valence-corrected chi connectivity index (χ3v) is 8.87. The van der Waals surface area contributed by atoms with Crippen LogP contribution in [0.3, 0.4) is 0 Å². The number of carbonyl (C=O) groups excluding carboxylic acids is 1. The maximum Gasteiger partial charge on any atom is 0.244 e. The van der Waals surface area contributed by atoms with Crippen LogP contribution >= 0.6 is 23.2 Å². The van der Waals surface area contributed by atoms with Crippen molar-refractivity contribution < 1.29 is 4.79 Å². The number of fused-ring (bicyclic) bond motifs is 4. The first-order chi connectivity index (χ1) is 12.8. The fourth-order valence-corrected chi connectivity index (χ4v) is 7.22. The Morgan fingerprint density at radius 3 is 2.89 bits per heavy atom. The number of carbonyl (C=O) groups is 1. The molecule has 0 radical (unpaired) electrons. The normalized spacial score (nSPS) is 36.1. The van der Waals surface area contributed by atoms with Gasteiger partial charge in [-0.3, -0.25) is 4.79 Å². The number of piperazine rings is 1. The van der Waals surface area contributed by atoms with E-state index in [4.69, 9.17) is 23.2 Å². The number of rotatable bonds is 0. The molecule has 4 saturated heterocycles. The molecule has 6 heteroatoms. The SMILES string of the molecule is CC1(C)c2[nH]c3ccc(Cl)c(Cl)c3c2C[C@@]23NC[C@]4(CCCN4C2=O)C[C@H]13. The Kier molecular flexibility index (Phi) is 2.99. The van der Waals surface area contributed by atoms with Gasteiger partial charge in [-0.2, -0.15) is 0 Å². The lowest BCUT2D eigenvalue weighted by atomic mass is 9.51. The van der Waals surface area contributed by atoms with Gasteiger partial charge in [-0.15, -0.1) is 0 Å². The molecule has 5 aliphatic rings. The van der Waals surface area contributed by atoms with E-state index in [1.165, 1.54) is 5.69 Å². The minimum Gasteiger partial charge on any atom is -0.358 e. The summed E-state index contributed by atoms with van der Waals surface area (Å²) < 4.78 is 0. The number of aromatic amines is 1. The summed E-state index contributed by atoms with van der Waals surface area (Å²) in [5.41, 5.74) is 2.74. The van der Waals surface area contributed by atoms with Gasteiger partial charge in [0.25, 0.3) is 0 Å². The lowest BCUT2D eigenvalue weighted by Crippen LogP contribution is -2.82. The van der Waals surface area contributed by atoms with Crippen LogP contribution < -0.4 is 5.32 Å². The Morgan fingerprint density at radius 1 is 1.26 bits per heavy atom. The molecular weight excluding hydrogens is 381 g/mol. The monoisotopic (exact) mass is 403 g/mol. The van der Waals surface area contributed by atoms with Crippen LogP contribution in [0.1, 0.15) is 44.4 Å². The van der Waals surface area contributed by atoms with Crippen molar-refractivity contribution in [3.05, 3.63) is 33.4 Å². The topological polar surface area (TPSA) is 48.1 Å². The first-order valence-electron chi connectivity index (χ1n) is 9.86. The van der Waals surface area contributed by atoms with E-state index in [1.54, 1.807) is 0 Å². The second-order valence-electron chi connectivity index (χ2n) is 9.53. The number of hydrogen-bond donors (Lipinski definition) is 2. The highest BCUT2D eigenvalue weighted by atomic mass is 35.5. The van der Waals surface area contributed by atoms with Gasteiger partial charge in [0.2, 0.25) is 5.91 Å². The summed E-state index contributed by atoms with van der Waals surface area (Å²) in [6, 6.07) is 3.85. The van der Waals surface area contributed by atoms with Gasteiger partial charge in [0.15, 0.2) is 0 Å². The molecule has 1 amide bonds. The second kappa shape index (κ2) is 4.84. The molecule has 2 aromatic rings. The molecule has 0 unspecified atom stereocenters. The molecule has 7 rings (SSSR count). The second-order valence-corrected chi connectivity index (χ2v) is 10.3. The summed E-state index contributed by atoms with van der Waals surface area (Å²) in [6.07, 6.45) is 4.01. The highest BCUT2D eigenvalue weighted by Gasteiger charge is 2.69. The van der Waals surface area contributed by atoms with Gasteiger partial charge in [-0.1, -0.05) is 37.0 Å². The zero-order valence-corrected chi connectivity index (χ0v) is 17.1. The van der Waals surface area contributed by atoms with Crippen molar-refractivity contribution in [1.82, 2.24) is 15.2 Å². The molecule has 0 saturated carbocycles. The van der Waals surface area contributed by atoms with Crippen LogP contribution in [0.25, 0.3) is 10.9 Å². The molecule has 5 heterocycles. The fraction of sp³-hybridized carbons (Fsp3) is 0.571. The molecule has 4 fully saturated rings. The van der Waals surface area contributed by atoms with Crippen molar-refractivity contribution in [2.24, 2.45) is 5.92 Å². The van der Waals surface area contributed by atoms with Gasteiger partial charge in [0.05, 0.1) is 15.6 Å². The van der Waals surface area contributed by atoms with Crippen LogP contribution in [0.4, 0.5) is 0 Å². The highest BCUT2D eigenvalue weighted by molar-refractivity contribution is 6.45. The molecule has 1 aromatic heterocycles. The number of aromatic nitrogens is 1.